The lowest BCUT2D eigenvalue weighted by Crippen LogP contribution is -2.26. The van der Waals surface area contributed by atoms with Crippen LogP contribution in [-0.2, 0) is 4.74 Å². The first kappa shape index (κ1) is 14.0. The Morgan fingerprint density at radius 3 is 2.39 bits per heavy atom. The third kappa shape index (κ3) is 4.41. The van der Waals surface area contributed by atoms with Crippen LogP contribution in [0.5, 0.6) is 5.75 Å². The molecule has 0 N–H and O–H groups in total. The first-order valence-electron chi connectivity index (χ1n) is 5.49. The van der Waals surface area contributed by atoms with Gasteiger partial charge in [0.05, 0.1) is 0 Å². The Labute approximate surface area is 106 Å². The zero-order valence-electron chi connectivity index (χ0n) is 10.7. The Kier molecular flexibility index (Phi) is 4.26. The summed E-state index contributed by atoms with van der Waals surface area (Å²) in [6.07, 6.45) is 0.697. The molecule has 0 radical (unpaired) electrons. The van der Waals surface area contributed by atoms with Crippen molar-refractivity contribution in [1.82, 2.24) is 0 Å². The van der Waals surface area contributed by atoms with Gasteiger partial charge >= 0.3 is 6.16 Å². The summed E-state index contributed by atoms with van der Waals surface area (Å²) in [4.78, 5) is 23.1. The van der Waals surface area contributed by atoms with Gasteiger partial charge in [-0.1, -0.05) is 24.8 Å². The van der Waals surface area contributed by atoms with Crippen molar-refractivity contribution in [3.63, 3.8) is 0 Å². The van der Waals surface area contributed by atoms with Gasteiger partial charge in [0, 0.05) is 0 Å². The number of ether oxygens (including phenoxy) is 2. The second-order valence-corrected chi connectivity index (χ2v) is 4.67. The van der Waals surface area contributed by atoms with Gasteiger partial charge in [0.15, 0.2) is 5.75 Å². The number of carbonyl (C=O) groups is 1. The molecule has 0 bridgehead atoms. The SMILES string of the molecule is C=Cc1ccc(OC(=O)OC(C)(C)C)c(=O)cc1. The molecule has 0 aliphatic heterocycles. The van der Waals surface area contributed by atoms with E-state index in [4.69, 9.17) is 9.47 Å². The molecule has 0 fully saturated rings. The molecule has 0 amide bonds. The molecule has 0 saturated heterocycles. The van der Waals surface area contributed by atoms with Gasteiger partial charge in [0.25, 0.3) is 0 Å². The second kappa shape index (κ2) is 5.49. The smallest absolute Gasteiger partial charge is 0.428 e. The lowest BCUT2D eigenvalue weighted by atomic mass is 10.2. The minimum absolute atomic E-state index is 0.0719. The first-order valence-corrected chi connectivity index (χ1v) is 5.49. The highest BCUT2D eigenvalue weighted by molar-refractivity contribution is 5.64. The molecule has 0 atom stereocenters. The van der Waals surface area contributed by atoms with E-state index in [2.05, 4.69) is 6.58 Å². The molecule has 0 saturated carbocycles. The van der Waals surface area contributed by atoms with Crippen molar-refractivity contribution in [2.24, 2.45) is 0 Å². The van der Waals surface area contributed by atoms with Gasteiger partial charge in [-0.15, -0.1) is 0 Å². The molecular formula is C14H16O4. The fourth-order valence-corrected chi connectivity index (χ4v) is 1.14. The topological polar surface area (TPSA) is 52.6 Å². The molecule has 0 spiro atoms. The van der Waals surface area contributed by atoms with Crippen LogP contribution in [0.2, 0.25) is 0 Å². The zero-order valence-corrected chi connectivity index (χ0v) is 10.7. The van der Waals surface area contributed by atoms with Gasteiger partial charge in [-0.2, -0.15) is 0 Å². The van der Waals surface area contributed by atoms with Crippen molar-refractivity contribution < 1.29 is 14.3 Å². The third-order valence-electron chi connectivity index (χ3n) is 1.92. The molecule has 1 aromatic carbocycles. The Hall–Kier alpha value is -2.10. The number of hydrogen-bond donors (Lipinski definition) is 0. The quantitative estimate of drug-likeness (QED) is 0.755. The predicted molar refractivity (Wildman–Crippen MR) is 69.7 cm³/mol. The Morgan fingerprint density at radius 2 is 1.83 bits per heavy atom. The lowest BCUT2D eigenvalue weighted by Gasteiger charge is -2.18. The molecule has 0 aromatic heterocycles. The Morgan fingerprint density at radius 1 is 1.22 bits per heavy atom. The minimum atomic E-state index is -0.897. The molecule has 0 aliphatic carbocycles. The summed E-state index contributed by atoms with van der Waals surface area (Å²) in [6.45, 7) is 8.74. The summed E-state index contributed by atoms with van der Waals surface area (Å²) in [7, 11) is 0. The fourth-order valence-electron chi connectivity index (χ4n) is 1.14. The maximum absolute atomic E-state index is 11.6. The van der Waals surface area contributed by atoms with Crippen LogP contribution in [-0.4, -0.2) is 11.8 Å². The van der Waals surface area contributed by atoms with Crippen LogP contribution < -0.4 is 10.2 Å². The molecule has 0 unspecified atom stereocenters. The van der Waals surface area contributed by atoms with Gasteiger partial charge in [-0.25, -0.2) is 4.79 Å². The van der Waals surface area contributed by atoms with Crippen LogP contribution in [0.15, 0.2) is 35.6 Å². The summed E-state index contributed by atoms with van der Waals surface area (Å²) in [5, 5.41) is 0. The Balaban J connectivity index is 2.92. The molecule has 1 aromatic rings. The van der Waals surface area contributed by atoms with Crippen LogP contribution in [0.4, 0.5) is 4.79 Å². The van der Waals surface area contributed by atoms with Gasteiger partial charge < -0.3 is 9.47 Å². The standard InChI is InChI=1S/C14H16O4/c1-5-10-6-8-11(15)12(9-7-10)17-13(16)18-14(2,3)4/h5-9H,1H2,2-4H3. The fraction of sp³-hybridized carbons (Fsp3) is 0.286. The summed E-state index contributed by atoms with van der Waals surface area (Å²) in [6, 6.07) is 5.96. The summed E-state index contributed by atoms with van der Waals surface area (Å²) >= 11 is 0. The molecule has 0 aliphatic rings. The predicted octanol–water partition coefficient (Wildman–Crippen LogP) is 3.00. The Bertz CT molecular complexity index is 512. The van der Waals surface area contributed by atoms with Crippen molar-refractivity contribution in [2.75, 3.05) is 0 Å². The maximum atomic E-state index is 11.6. The van der Waals surface area contributed by atoms with E-state index in [9.17, 15) is 9.59 Å². The van der Waals surface area contributed by atoms with Gasteiger partial charge in [-0.05, 0) is 38.5 Å². The van der Waals surface area contributed by atoms with Crippen LogP contribution in [0, 0.1) is 0 Å². The zero-order chi connectivity index (χ0) is 13.8. The monoisotopic (exact) mass is 248 g/mol. The van der Waals surface area contributed by atoms with Gasteiger partial charge in [-0.3, -0.25) is 4.79 Å². The lowest BCUT2D eigenvalue weighted by molar-refractivity contribution is 0.0204. The molecule has 4 heteroatoms. The number of rotatable bonds is 2. The van der Waals surface area contributed by atoms with E-state index in [0.717, 1.165) is 5.56 Å². The largest absolute Gasteiger partial charge is 0.514 e. The molecular weight excluding hydrogens is 232 g/mol. The summed E-state index contributed by atoms with van der Waals surface area (Å²) in [5.74, 6) is -0.0719. The van der Waals surface area contributed by atoms with Crippen LogP contribution >= 0.6 is 0 Å². The normalized spacial score (nSPS) is 10.6. The van der Waals surface area contributed by atoms with Crippen molar-refractivity contribution in [1.29, 1.82) is 0 Å². The number of hydrogen-bond acceptors (Lipinski definition) is 4. The number of carbonyl (C=O) groups excluding carboxylic acids is 1. The third-order valence-corrected chi connectivity index (χ3v) is 1.92. The van der Waals surface area contributed by atoms with Gasteiger partial charge in [0.2, 0.25) is 5.43 Å². The average Bonchev–Trinajstić information content (AvgIpc) is 2.40. The maximum Gasteiger partial charge on any atom is 0.514 e. The first-order chi connectivity index (χ1) is 8.31. The van der Waals surface area contributed by atoms with Crippen molar-refractivity contribution >= 4 is 12.2 Å². The van der Waals surface area contributed by atoms with Crippen molar-refractivity contribution in [3.05, 3.63) is 46.6 Å². The molecule has 96 valence electrons. The highest BCUT2D eigenvalue weighted by atomic mass is 16.7. The van der Waals surface area contributed by atoms with Crippen molar-refractivity contribution in [3.8, 4) is 5.75 Å². The van der Waals surface area contributed by atoms with Crippen molar-refractivity contribution in [2.45, 2.75) is 26.4 Å². The molecule has 0 heterocycles. The molecule has 4 nitrogen and oxygen atoms in total. The summed E-state index contributed by atoms with van der Waals surface area (Å²) < 4.78 is 9.84. The second-order valence-electron chi connectivity index (χ2n) is 4.67. The average molecular weight is 248 g/mol. The molecule has 18 heavy (non-hydrogen) atoms. The van der Waals surface area contributed by atoms with E-state index in [-0.39, 0.29) is 5.75 Å². The van der Waals surface area contributed by atoms with E-state index >= 15 is 0 Å². The van der Waals surface area contributed by atoms with E-state index in [1.165, 1.54) is 12.1 Å². The van der Waals surface area contributed by atoms with E-state index in [0.29, 0.717) is 0 Å². The van der Waals surface area contributed by atoms with E-state index in [1.54, 1.807) is 39.0 Å². The van der Waals surface area contributed by atoms with E-state index in [1.807, 2.05) is 0 Å². The highest BCUT2D eigenvalue weighted by Crippen LogP contribution is 2.11. The van der Waals surface area contributed by atoms with E-state index < -0.39 is 17.2 Å². The highest BCUT2D eigenvalue weighted by Gasteiger charge is 2.18. The molecule has 1 rings (SSSR count). The van der Waals surface area contributed by atoms with Gasteiger partial charge in [0.1, 0.15) is 5.60 Å². The van der Waals surface area contributed by atoms with Crippen LogP contribution in [0.25, 0.3) is 6.08 Å². The van der Waals surface area contributed by atoms with Crippen LogP contribution in [0.3, 0.4) is 0 Å². The summed E-state index contributed by atoms with van der Waals surface area (Å²) in [5.41, 5.74) is -0.302. The minimum Gasteiger partial charge on any atom is -0.428 e. The van der Waals surface area contributed by atoms with Crippen LogP contribution in [0.1, 0.15) is 26.3 Å².